The second-order valence-corrected chi connectivity index (χ2v) is 21.1. The molecule has 1 saturated heterocycles. The number of nitrogens with one attached hydrogen (secondary N) is 1. The summed E-state index contributed by atoms with van der Waals surface area (Å²) >= 11 is 0. The van der Waals surface area contributed by atoms with Crippen molar-refractivity contribution in [2.24, 2.45) is 0 Å². The van der Waals surface area contributed by atoms with Crippen molar-refractivity contribution in [2.45, 2.75) is 294 Å². The molecule has 0 bridgehead atoms. The van der Waals surface area contributed by atoms with Gasteiger partial charge in [0.2, 0.25) is 5.91 Å². The Labute approximate surface area is 466 Å². The SMILES string of the molecule is CC/C=C\C/C=C\C/C=C\C/C=C\C/C=C\C/C=C\CCCCCCCCCCC(=O)NC(COC1OC(CO)C(O)C(O)C1O)C(O)/C=C/CC/C=C/CC/C=C/CCCCCCCCCCCCCCCCCC. The van der Waals surface area contributed by atoms with Crippen LogP contribution in [-0.4, -0.2) is 87.5 Å². The van der Waals surface area contributed by atoms with E-state index in [-0.39, 0.29) is 12.5 Å². The Kier molecular flexibility index (Phi) is 51.4. The molecule has 0 aromatic carbocycles. The quantitative estimate of drug-likeness (QED) is 0.0261. The van der Waals surface area contributed by atoms with Gasteiger partial charge < -0.3 is 40.3 Å². The topological polar surface area (TPSA) is 149 Å². The number of unbranched alkanes of at least 4 members (excludes halogenated alkanes) is 26. The summed E-state index contributed by atoms with van der Waals surface area (Å²) < 4.78 is 11.3. The van der Waals surface area contributed by atoms with Crippen LogP contribution in [0.5, 0.6) is 0 Å². The molecule has 0 aromatic heterocycles. The number of aliphatic hydroxyl groups excluding tert-OH is 5. The Morgan fingerprint density at radius 3 is 1.26 bits per heavy atom. The summed E-state index contributed by atoms with van der Waals surface area (Å²) in [5.74, 6) is -0.203. The van der Waals surface area contributed by atoms with Crippen molar-refractivity contribution in [3.05, 3.63) is 109 Å². The summed E-state index contributed by atoms with van der Waals surface area (Å²) in [7, 11) is 0. The van der Waals surface area contributed by atoms with Crippen LogP contribution in [0.4, 0.5) is 0 Å². The first kappa shape index (κ1) is 70.9. The van der Waals surface area contributed by atoms with Crippen molar-refractivity contribution >= 4 is 5.91 Å². The van der Waals surface area contributed by atoms with E-state index < -0.39 is 49.5 Å². The zero-order valence-electron chi connectivity index (χ0n) is 48.5. The summed E-state index contributed by atoms with van der Waals surface area (Å²) in [6.07, 6.45) is 74.5. The molecule has 6 N–H and O–H groups in total. The second kappa shape index (κ2) is 55.2. The molecule has 1 aliphatic heterocycles. The number of rotatable bonds is 52. The standard InChI is InChI=1S/C67H115NO8/c1-3-5-7-9-11-13-15-17-19-21-23-25-27-29-31-33-35-37-39-41-43-45-47-49-51-53-55-57-63(71)68-60(59-75-67-66(74)65(73)64(72)62(58-69)76-67)61(70)56-54-52-50-48-46-44-42-40-38-36-34-32-30-28-26-24-22-20-18-16-14-12-10-8-6-4-2/h5,7,11,13,17,19,23,25,29,31,35,37-38,40,46,48,54,56,60-62,64-67,69-70,72-74H,3-4,6,8-10,12,14-16,18,20-22,24,26-28,30,32-34,36,39,41-45,47,49-53,55,57-59H2,1-2H3,(H,68,71)/b7-5-,13-11-,19-17-,25-23-,31-29-,37-35-,40-38+,48-46+,56-54+. The van der Waals surface area contributed by atoms with Crippen molar-refractivity contribution in [3.8, 4) is 0 Å². The molecule has 9 heteroatoms. The molecule has 1 rings (SSSR count). The van der Waals surface area contributed by atoms with Gasteiger partial charge in [-0.05, 0) is 96.3 Å². The van der Waals surface area contributed by atoms with E-state index in [1.807, 2.05) is 6.08 Å². The van der Waals surface area contributed by atoms with E-state index in [1.165, 1.54) is 135 Å². The van der Waals surface area contributed by atoms with Gasteiger partial charge in [-0.2, -0.15) is 0 Å². The van der Waals surface area contributed by atoms with Gasteiger partial charge in [-0.1, -0.05) is 258 Å². The molecule has 0 aromatic rings. The first-order valence-electron chi connectivity index (χ1n) is 31.1. The maximum absolute atomic E-state index is 13.1. The van der Waals surface area contributed by atoms with Gasteiger partial charge in [0.25, 0.3) is 0 Å². The molecule has 0 saturated carbocycles. The summed E-state index contributed by atoms with van der Waals surface area (Å²) in [5, 5.41) is 54.6. The molecule has 1 heterocycles. The lowest BCUT2D eigenvalue weighted by Gasteiger charge is -2.40. The molecule has 7 unspecified atom stereocenters. The highest BCUT2D eigenvalue weighted by molar-refractivity contribution is 5.76. The predicted octanol–water partition coefficient (Wildman–Crippen LogP) is 16.1. The molecule has 0 radical (unpaired) electrons. The van der Waals surface area contributed by atoms with Gasteiger partial charge in [-0.15, -0.1) is 0 Å². The normalized spacial score (nSPS) is 19.6. The lowest BCUT2D eigenvalue weighted by atomic mass is 9.99. The molecular formula is C67H115NO8. The fourth-order valence-corrected chi connectivity index (χ4v) is 9.19. The van der Waals surface area contributed by atoms with Crippen molar-refractivity contribution in [1.82, 2.24) is 5.32 Å². The number of hydrogen-bond donors (Lipinski definition) is 6. The predicted molar refractivity (Wildman–Crippen MR) is 322 cm³/mol. The van der Waals surface area contributed by atoms with E-state index in [4.69, 9.17) is 9.47 Å². The van der Waals surface area contributed by atoms with E-state index in [2.05, 4.69) is 116 Å². The highest BCUT2D eigenvalue weighted by atomic mass is 16.7. The van der Waals surface area contributed by atoms with E-state index in [9.17, 15) is 30.3 Å². The van der Waals surface area contributed by atoms with Crippen LogP contribution in [0.25, 0.3) is 0 Å². The van der Waals surface area contributed by atoms with Gasteiger partial charge >= 0.3 is 0 Å². The van der Waals surface area contributed by atoms with Crippen LogP contribution < -0.4 is 5.32 Å². The van der Waals surface area contributed by atoms with Crippen LogP contribution in [0.15, 0.2) is 109 Å². The van der Waals surface area contributed by atoms with Gasteiger partial charge in [-0.3, -0.25) is 4.79 Å². The molecule has 76 heavy (non-hydrogen) atoms. The van der Waals surface area contributed by atoms with Gasteiger partial charge in [-0.25, -0.2) is 0 Å². The van der Waals surface area contributed by atoms with Crippen LogP contribution in [0.2, 0.25) is 0 Å². The minimum Gasteiger partial charge on any atom is -0.394 e. The smallest absolute Gasteiger partial charge is 0.220 e. The lowest BCUT2D eigenvalue weighted by Crippen LogP contribution is -2.60. The fourth-order valence-electron chi connectivity index (χ4n) is 9.19. The minimum absolute atomic E-state index is 0.203. The maximum Gasteiger partial charge on any atom is 0.220 e. The molecule has 0 aliphatic carbocycles. The zero-order valence-corrected chi connectivity index (χ0v) is 48.5. The Bertz CT molecular complexity index is 1560. The molecule has 1 aliphatic rings. The summed E-state index contributed by atoms with van der Waals surface area (Å²) in [4.78, 5) is 13.1. The van der Waals surface area contributed by atoms with Crippen LogP contribution in [0.1, 0.15) is 251 Å². The summed E-state index contributed by atoms with van der Waals surface area (Å²) in [6, 6.07) is -0.842. The monoisotopic (exact) mass is 1060 g/mol. The minimum atomic E-state index is -1.58. The molecule has 1 amide bonds. The largest absolute Gasteiger partial charge is 0.394 e. The van der Waals surface area contributed by atoms with Crippen LogP contribution in [0.3, 0.4) is 0 Å². The Morgan fingerprint density at radius 2 is 0.829 bits per heavy atom. The number of hydrogen-bond acceptors (Lipinski definition) is 8. The third kappa shape index (κ3) is 43.8. The average molecular weight is 1060 g/mol. The van der Waals surface area contributed by atoms with Crippen LogP contribution >= 0.6 is 0 Å². The fraction of sp³-hybridized carbons (Fsp3) is 0.716. The third-order valence-corrected chi connectivity index (χ3v) is 14.1. The summed E-state index contributed by atoms with van der Waals surface area (Å²) in [6.45, 7) is 3.65. The Balaban J connectivity index is 2.26. The third-order valence-electron chi connectivity index (χ3n) is 14.1. The van der Waals surface area contributed by atoms with Crippen molar-refractivity contribution in [1.29, 1.82) is 0 Å². The molecule has 1 fully saturated rings. The maximum atomic E-state index is 13.1. The zero-order chi connectivity index (χ0) is 55.0. The second-order valence-electron chi connectivity index (χ2n) is 21.1. The van der Waals surface area contributed by atoms with Crippen molar-refractivity contribution < 1.29 is 39.8 Å². The van der Waals surface area contributed by atoms with E-state index in [0.717, 1.165) is 96.3 Å². The number of amides is 1. The van der Waals surface area contributed by atoms with Crippen LogP contribution in [-0.2, 0) is 14.3 Å². The molecular weight excluding hydrogens is 947 g/mol. The number of carbonyl (C=O) groups excluding carboxylic acids is 1. The summed E-state index contributed by atoms with van der Waals surface area (Å²) in [5.41, 5.74) is 0. The van der Waals surface area contributed by atoms with E-state index in [0.29, 0.717) is 6.42 Å². The molecule has 0 spiro atoms. The first-order valence-corrected chi connectivity index (χ1v) is 31.1. The highest BCUT2D eigenvalue weighted by Gasteiger charge is 2.44. The van der Waals surface area contributed by atoms with Gasteiger partial charge in [0.15, 0.2) is 6.29 Å². The average Bonchev–Trinajstić information content (AvgIpc) is 3.42. The van der Waals surface area contributed by atoms with Gasteiger partial charge in [0, 0.05) is 6.42 Å². The number of carbonyl (C=O) groups is 1. The van der Waals surface area contributed by atoms with Crippen molar-refractivity contribution in [2.75, 3.05) is 13.2 Å². The van der Waals surface area contributed by atoms with E-state index >= 15 is 0 Å². The lowest BCUT2D eigenvalue weighted by molar-refractivity contribution is -0.302. The number of allylic oxidation sites excluding steroid dienone is 17. The number of aliphatic hydroxyl groups is 5. The van der Waals surface area contributed by atoms with E-state index in [1.54, 1.807) is 6.08 Å². The molecule has 436 valence electrons. The highest BCUT2D eigenvalue weighted by Crippen LogP contribution is 2.23. The molecule has 9 nitrogen and oxygen atoms in total. The van der Waals surface area contributed by atoms with Crippen molar-refractivity contribution in [3.63, 3.8) is 0 Å². The molecule has 7 atom stereocenters. The Morgan fingerprint density at radius 1 is 0.461 bits per heavy atom. The first-order chi connectivity index (χ1) is 37.3. The van der Waals surface area contributed by atoms with Gasteiger partial charge in [0.05, 0.1) is 25.4 Å². The van der Waals surface area contributed by atoms with Crippen LogP contribution in [0, 0.1) is 0 Å². The van der Waals surface area contributed by atoms with Gasteiger partial charge in [0.1, 0.15) is 24.4 Å². The Hall–Kier alpha value is -3.15. The number of ether oxygens (including phenoxy) is 2.